The minimum Gasteiger partial charge on any atom is -0.478 e. The molecule has 0 fully saturated rings. The van der Waals surface area contributed by atoms with Gasteiger partial charge in [-0.2, -0.15) is 0 Å². The van der Waals surface area contributed by atoms with Crippen molar-refractivity contribution in [1.29, 1.82) is 0 Å². The van der Waals surface area contributed by atoms with Gasteiger partial charge in [0.15, 0.2) is 0 Å². The van der Waals surface area contributed by atoms with Crippen molar-refractivity contribution in [3.05, 3.63) is 42.3 Å². The van der Waals surface area contributed by atoms with Crippen LogP contribution in [0.2, 0.25) is 0 Å². The second kappa shape index (κ2) is 7.43. The SMILES string of the molecule is [CH2]CCC(C)CC(=O)OC(=O)c1cccc(C(=O)O)c1. The highest BCUT2D eigenvalue weighted by Crippen LogP contribution is 2.12. The number of rotatable bonds is 6. The van der Waals surface area contributed by atoms with Crippen molar-refractivity contribution >= 4 is 17.9 Å². The van der Waals surface area contributed by atoms with Crippen LogP contribution in [0.25, 0.3) is 0 Å². The molecule has 0 saturated heterocycles. The summed E-state index contributed by atoms with van der Waals surface area (Å²) in [6.45, 7) is 5.57. The van der Waals surface area contributed by atoms with Gasteiger partial charge in [0, 0.05) is 6.42 Å². The highest BCUT2D eigenvalue weighted by molar-refractivity contribution is 5.99. The smallest absolute Gasteiger partial charge is 0.345 e. The summed E-state index contributed by atoms with van der Waals surface area (Å²) in [5.74, 6) is -2.50. The van der Waals surface area contributed by atoms with Gasteiger partial charge in [0.1, 0.15) is 0 Å². The van der Waals surface area contributed by atoms with E-state index in [0.717, 1.165) is 6.42 Å². The number of hydrogen-bond donors (Lipinski definition) is 1. The molecule has 1 atom stereocenters. The van der Waals surface area contributed by atoms with Crippen LogP contribution in [0.5, 0.6) is 0 Å². The van der Waals surface area contributed by atoms with Gasteiger partial charge in [0.25, 0.3) is 0 Å². The van der Waals surface area contributed by atoms with E-state index in [0.29, 0.717) is 6.42 Å². The van der Waals surface area contributed by atoms with Crippen molar-refractivity contribution in [3.8, 4) is 0 Å². The lowest BCUT2D eigenvalue weighted by molar-refractivity contribution is -0.138. The van der Waals surface area contributed by atoms with Crippen molar-refractivity contribution in [3.63, 3.8) is 0 Å². The molecule has 0 aliphatic rings. The number of ether oxygens (including phenoxy) is 1. The molecule has 1 N–H and O–H groups in total. The zero-order chi connectivity index (χ0) is 15.1. The fraction of sp³-hybridized carbons (Fsp3) is 0.333. The van der Waals surface area contributed by atoms with Crippen LogP contribution in [-0.2, 0) is 9.53 Å². The molecule has 1 radical (unpaired) electrons. The van der Waals surface area contributed by atoms with Crippen LogP contribution in [0, 0.1) is 12.8 Å². The van der Waals surface area contributed by atoms with Gasteiger partial charge in [0.05, 0.1) is 11.1 Å². The Morgan fingerprint density at radius 3 is 2.55 bits per heavy atom. The third-order valence-electron chi connectivity index (χ3n) is 2.76. The zero-order valence-corrected chi connectivity index (χ0v) is 11.3. The van der Waals surface area contributed by atoms with Gasteiger partial charge in [-0.05, 0) is 24.1 Å². The van der Waals surface area contributed by atoms with E-state index >= 15 is 0 Å². The maximum absolute atomic E-state index is 11.7. The average molecular weight is 277 g/mol. The maximum Gasteiger partial charge on any atom is 0.345 e. The first-order valence-corrected chi connectivity index (χ1v) is 6.31. The molecule has 0 aromatic heterocycles. The molecule has 1 unspecified atom stereocenters. The molecule has 1 aromatic rings. The molecule has 0 bridgehead atoms. The third-order valence-corrected chi connectivity index (χ3v) is 2.76. The number of carboxylic acids is 1. The second-order valence-electron chi connectivity index (χ2n) is 4.60. The largest absolute Gasteiger partial charge is 0.478 e. The molecule has 5 heteroatoms. The van der Waals surface area contributed by atoms with Crippen LogP contribution in [0.1, 0.15) is 46.9 Å². The van der Waals surface area contributed by atoms with E-state index in [4.69, 9.17) is 9.84 Å². The molecule has 0 heterocycles. The van der Waals surface area contributed by atoms with Crippen LogP contribution in [0.3, 0.4) is 0 Å². The van der Waals surface area contributed by atoms with E-state index in [-0.39, 0.29) is 23.5 Å². The molecule has 0 aliphatic heterocycles. The summed E-state index contributed by atoms with van der Waals surface area (Å²) in [7, 11) is 0. The quantitative estimate of drug-likeness (QED) is 0.638. The Kier molecular flexibility index (Phi) is 5.90. The Balaban J connectivity index is 2.64. The first kappa shape index (κ1) is 15.9. The Bertz CT molecular complexity index is 507. The summed E-state index contributed by atoms with van der Waals surface area (Å²) in [4.78, 5) is 34.1. The molecule has 0 saturated carbocycles. The van der Waals surface area contributed by atoms with E-state index in [1.807, 2.05) is 6.92 Å². The number of benzene rings is 1. The zero-order valence-electron chi connectivity index (χ0n) is 11.3. The van der Waals surface area contributed by atoms with Crippen LogP contribution in [0.15, 0.2) is 24.3 Å². The van der Waals surface area contributed by atoms with Crippen LogP contribution >= 0.6 is 0 Å². The van der Waals surface area contributed by atoms with Gasteiger partial charge >= 0.3 is 17.9 Å². The summed E-state index contributed by atoms with van der Waals surface area (Å²) >= 11 is 0. The third kappa shape index (κ3) is 4.84. The lowest BCUT2D eigenvalue weighted by Gasteiger charge is -2.08. The predicted octanol–water partition coefficient (Wildman–Crippen LogP) is 2.71. The van der Waals surface area contributed by atoms with Crippen LogP contribution in [0.4, 0.5) is 0 Å². The van der Waals surface area contributed by atoms with E-state index in [1.54, 1.807) is 0 Å². The van der Waals surface area contributed by atoms with Crippen LogP contribution in [-0.4, -0.2) is 23.0 Å². The number of carbonyl (C=O) groups is 3. The van der Waals surface area contributed by atoms with Gasteiger partial charge in [-0.15, -0.1) is 0 Å². The topological polar surface area (TPSA) is 80.7 Å². The summed E-state index contributed by atoms with van der Waals surface area (Å²) in [6.07, 6.45) is 1.63. The Hall–Kier alpha value is -2.17. The Morgan fingerprint density at radius 1 is 1.30 bits per heavy atom. The van der Waals surface area contributed by atoms with E-state index in [9.17, 15) is 14.4 Å². The van der Waals surface area contributed by atoms with Crippen molar-refractivity contribution in [2.45, 2.75) is 26.2 Å². The molecule has 1 rings (SSSR count). The van der Waals surface area contributed by atoms with Crippen molar-refractivity contribution in [1.82, 2.24) is 0 Å². The number of carbonyl (C=O) groups excluding carboxylic acids is 2. The highest BCUT2D eigenvalue weighted by Gasteiger charge is 2.16. The summed E-state index contributed by atoms with van der Waals surface area (Å²) < 4.78 is 4.70. The number of esters is 2. The molecule has 20 heavy (non-hydrogen) atoms. The van der Waals surface area contributed by atoms with E-state index in [2.05, 4.69) is 6.92 Å². The van der Waals surface area contributed by atoms with Crippen molar-refractivity contribution in [2.24, 2.45) is 5.92 Å². The molecule has 107 valence electrons. The van der Waals surface area contributed by atoms with E-state index in [1.165, 1.54) is 24.3 Å². The Labute approximate surface area is 117 Å². The van der Waals surface area contributed by atoms with Gasteiger partial charge in [0.2, 0.25) is 0 Å². The number of carboxylic acid groups (broad SMARTS) is 1. The monoisotopic (exact) mass is 277 g/mol. The number of hydrogen-bond acceptors (Lipinski definition) is 4. The van der Waals surface area contributed by atoms with Crippen molar-refractivity contribution in [2.75, 3.05) is 0 Å². The molecule has 5 nitrogen and oxygen atoms in total. The molecule has 1 aromatic carbocycles. The minimum atomic E-state index is -1.14. The molecular weight excluding hydrogens is 260 g/mol. The standard InChI is InChI=1S/C15H17O5/c1-3-5-10(2)8-13(16)20-15(19)12-7-4-6-11(9-12)14(17)18/h4,6-7,9-10H,1,3,5,8H2,2H3,(H,17,18). The maximum atomic E-state index is 11.7. The molecule has 0 spiro atoms. The summed E-state index contributed by atoms with van der Waals surface area (Å²) in [5, 5.41) is 8.83. The number of aromatic carboxylic acids is 1. The lowest BCUT2D eigenvalue weighted by Crippen LogP contribution is -2.15. The molecular formula is C15H17O5. The van der Waals surface area contributed by atoms with Crippen molar-refractivity contribution < 1.29 is 24.2 Å². The predicted molar refractivity (Wildman–Crippen MR) is 72.2 cm³/mol. The normalized spacial score (nSPS) is 11.7. The first-order chi connectivity index (χ1) is 9.43. The fourth-order valence-electron chi connectivity index (χ4n) is 1.72. The lowest BCUT2D eigenvalue weighted by atomic mass is 10.0. The fourth-order valence-corrected chi connectivity index (χ4v) is 1.72. The Morgan fingerprint density at radius 2 is 1.95 bits per heavy atom. The minimum absolute atomic E-state index is 0.0303. The summed E-state index contributed by atoms with van der Waals surface area (Å²) in [6, 6.07) is 5.37. The molecule has 0 aliphatic carbocycles. The van der Waals surface area contributed by atoms with Gasteiger partial charge in [-0.1, -0.05) is 32.8 Å². The van der Waals surface area contributed by atoms with Gasteiger partial charge in [-0.3, -0.25) is 4.79 Å². The summed E-state index contributed by atoms with van der Waals surface area (Å²) in [5.41, 5.74) is 0.0142. The van der Waals surface area contributed by atoms with Gasteiger partial charge < -0.3 is 9.84 Å². The average Bonchev–Trinajstić information content (AvgIpc) is 2.38. The van der Waals surface area contributed by atoms with E-state index < -0.39 is 17.9 Å². The highest BCUT2D eigenvalue weighted by atomic mass is 16.6. The molecule has 0 amide bonds. The second-order valence-corrected chi connectivity index (χ2v) is 4.60. The van der Waals surface area contributed by atoms with Crippen LogP contribution < -0.4 is 0 Å². The van der Waals surface area contributed by atoms with Gasteiger partial charge in [-0.25, -0.2) is 9.59 Å². The first-order valence-electron chi connectivity index (χ1n) is 6.31.